The molecule has 60 heavy (non-hydrogen) atoms. The number of benzene rings is 9. The molecule has 0 amide bonds. The highest BCUT2D eigenvalue weighted by molar-refractivity contribution is 6.03. The molecule has 9 aromatic carbocycles. The van der Waals surface area contributed by atoms with Gasteiger partial charge in [-0.2, -0.15) is 0 Å². The Morgan fingerprint density at radius 3 is 1.20 bits per heavy atom. The van der Waals surface area contributed by atoms with E-state index in [0.717, 1.165) is 67.9 Å². The number of anilines is 6. The lowest BCUT2D eigenvalue weighted by molar-refractivity contribution is 0.394. The minimum absolute atomic E-state index is 0.732. The fourth-order valence-electron chi connectivity index (χ4n) is 8.42. The SMILES string of the molecule is COc1cc(OC)cc(N2c3ccccc3-c3ccccc3-c3cc(-c4ccc(N(c5ccc(-c6ccccc6)cc5)c5ccc(-c6ccccc6)cc5)cc4)ccc32)c1. The van der Waals surface area contributed by atoms with E-state index < -0.39 is 0 Å². The van der Waals surface area contributed by atoms with Crippen LogP contribution in [0.15, 0.2) is 218 Å². The zero-order valence-corrected chi connectivity index (χ0v) is 33.5. The van der Waals surface area contributed by atoms with Crippen LogP contribution in [0.1, 0.15) is 0 Å². The molecule has 0 fully saturated rings. The second-order valence-electron chi connectivity index (χ2n) is 14.9. The normalized spacial score (nSPS) is 11.5. The summed E-state index contributed by atoms with van der Waals surface area (Å²) in [7, 11) is 3.39. The number of ether oxygens (including phenoxy) is 2. The van der Waals surface area contributed by atoms with Gasteiger partial charge in [0.15, 0.2) is 0 Å². The van der Waals surface area contributed by atoms with Gasteiger partial charge in [0, 0.05) is 46.4 Å². The summed E-state index contributed by atoms with van der Waals surface area (Å²) in [6.45, 7) is 0. The van der Waals surface area contributed by atoms with Gasteiger partial charge in [-0.05, 0) is 99.1 Å². The first-order chi connectivity index (χ1) is 29.6. The van der Waals surface area contributed by atoms with E-state index in [1.54, 1.807) is 14.2 Å². The molecule has 0 N–H and O–H groups in total. The van der Waals surface area contributed by atoms with Crippen molar-refractivity contribution in [2.75, 3.05) is 24.0 Å². The maximum Gasteiger partial charge on any atom is 0.124 e. The molecule has 1 heterocycles. The van der Waals surface area contributed by atoms with Gasteiger partial charge in [-0.3, -0.25) is 0 Å². The average molecular weight is 775 g/mol. The number of methoxy groups -OCH3 is 2. The summed E-state index contributed by atoms with van der Waals surface area (Å²) in [5.74, 6) is 1.46. The van der Waals surface area contributed by atoms with Gasteiger partial charge < -0.3 is 19.3 Å². The van der Waals surface area contributed by atoms with Crippen LogP contribution in [0.5, 0.6) is 11.5 Å². The Hall–Kier alpha value is -7.82. The minimum atomic E-state index is 0.732. The number of hydrogen-bond donors (Lipinski definition) is 0. The summed E-state index contributed by atoms with van der Waals surface area (Å²) in [6.07, 6.45) is 0. The quantitative estimate of drug-likeness (QED) is 0.146. The Balaban J connectivity index is 1.06. The summed E-state index contributed by atoms with van der Waals surface area (Å²) in [5.41, 5.74) is 18.1. The van der Waals surface area contributed by atoms with Gasteiger partial charge in [0.25, 0.3) is 0 Å². The lowest BCUT2D eigenvalue weighted by Crippen LogP contribution is -2.11. The summed E-state index contributed by atoms with van der Waals surface area (Å²) in [5, 5.41) is 0. The summed E-state index contributed by atoms with van der Waals surface area (Å²) >= 11 is 0. The topological polar surface area (TPSA) is 24.9 Å². The molecule has 10 rings (SSSR count). The van der Waals surface area contributed by atoms with E-state index in [1.165, 1.54) is 33.4 Å². The molecule has 0 bridgehead atoms. The van der Waals surface area contributed by atoms with E-state index in [0.29, 0.717) is 0 Å². The third-order valence-electron chi connectivity index (χ3n) is 11.4. The lowest BCUT2D eigenvalue weighted by atomic mass is 9.92. The van der Waals surface area contributed by atoms with Crippen LogP contribution >= 0.6 is 0 Å². The van der Waals surface area contributed by atoms with Crippen molar-refractivity contribution in [3.05, 3.63) is 218 Å². The van der Waals surface area contributed by atoms with Crippen LogP contribution in [-0.4, -0.2) is 14.2 Å². The zero-order valence-electron chi connectivity index (χ0n) is 33.5. The Labute approximate surface area is 351 Å². The van der Waals surface area contributed by atoms with Crippen LogP contribution in [0.25, 0.3) is 55.6 Å². The molecule has 0 atom stereocenters. The Morgan fingerprint density at radius 1 is 0.317 bits per heavy atom. The van der Waals surface area contributed by atoms with Gasteiger partial charge in [0.1, 0.15) is 11.5 Å². The minimum Gasteiger partial charge on any atom is -0.497 e. The van der Waals surface area contributed by atoms with Crippen LogP contribution < -0.4 is 19.3 Å². The average Bonchev–Trinajstić information content (AvgIpc) is 3.45. The third-order valence-corrected chi connectivity index (χ3v) is 11.4. The van der Waals surface area contributed by atoms with E-state index in [9.17, 15) is 0 Å². The molecule has 0 saturated carbocycles. The summed E-state index contributed by atoms with van der Waals surface area (Å²) < 4.78 is 11.5. The van der Waals surface area contributed by atoms with Crippen molar-refractivity contribution in [1.29, 1.82) is 0 Å². The molecular formula is C56H42N2O2. The van der Waals surface area contributed by atoms with E-state index in [1.807, 2.05) is 6.07 Å². The van der Waals surface area contributed by atoms with Crippen molar-refractivity contribution in [2.24, 2.45) is 0 Å². The standard InChI is InChI=1S/C56H42N2O2/c1-59-49-36-48(37-50(38-49)60-2)58-55-20-12-11-19-53(55)51-17-9-10-18-52(51)54-35-44(27-34-56(54)58)43-25-32-47(33-26-43)57(45-28-21-41(22-29-45)39-13-5-3-6-14-39)46-30-23-42(24-31-46)40-15-7-4-8-16-40/h3-38H,1-2H3. The summed E-state index contributed by atoms with van der Waals surface area (Å²) in [4.78, 5) is 4.66. The first kappa shape index (κ1) is 36.5. The monoisotopic (exact) mass is 774 g/mol. The Bertz CT molecular complexity index is 2820. The van der Waals surface area contributed by atoms with Crippen LogP contribution in [0, 0.1) is 0 Å². The second kappa shape index (κ2) is 15.8. The van der Waals surface area contributed by atoms with Crippen molar-refractivity contribution in [3.8, 4) is 67.1 Å². The molecule has 0 saturated heterocycles. The number of hydrogen-bond acceptors (Lipinski definition) is 4. The number of nitrogens with zero attached hydrogens (tertiary/aromatic N) is 2. The number of rotatable bonds is 9. The van der Waals surface area contributed by atoms with Crippen LogP contribution in [0.4, 0.5) is 34.1 Å². The highest BCUT2D eigenvalue weighted by Gasteiger charge is 2.27. The lowest BCUT2D eigenvalue weighted by Gasteiger charge is -2.28. The van der Waals surface area contributed by atoms with Crippen LogP contribution in [-0.2, 0) is 0 Å². The van der Waals surface area contributed by atoms with Crippen molar-refractivity contribution >= 4 is 34.1 Å². The fraction of sp³-hybridized carbons (Fsp3) is 0.0357. The molecule has 1 aliphatic heterocycles. The van der Waals surface area contributed by atoms with Crippen LogP contribution in [0.3, 0.4) is 0 Å². The van der Waals surface area contributed by atoms with Crippen LogP contribution in [0.2, 0.25) is 0 Å². The smallest absolute Gasteiger partial charge is 0.124 e. The second-order valence-corrected chi connectivity index (χ2v) is 14.9. The number of fused-ring (bicyclic) bond motifs is 5. The molecule has 0 aromatic heterocycles. The van der Waals surface area contributed by atoms with Crippen molar-refractivity contribution < 1.29 is 9.47 Å². The third kappa shape index (κ3) is 6.84. The Morgan fingerprint density at radius 2 is 0.700 bits per heavy atom. The maximum absolute atomic E-state index is 5.75. The Kier molecular flexibility index (Phi) is 9.64. The fourth-order valence-corrected chi connectivity index (χ4v) is 8.42. The van der Waals surface area contributed by atoms with Crippen molar-refractivity contribution in [1.82, 2.24) is 0 Å². The highest BCUT2D eigenvalue weighted by Crippen LogP contribution is 2.52. The predicted molar refractivity (Wildman–Crippen MR) is 250 cm³/mol. The van der Waals surface area contributed by atoms with Gasteiger partial charge in [-0.25, -0.2) is 0 Å². The van der Waals surface area contributed by atoms with Crippen molar-refractivity contribution in [3.63, 3.8) is 0 Å². The van der Waals surface area contributed by atoms with Gasteiger partial charge >= 0.3 is 0 Å². The van der Waals surface area contributed by atoms with E-state index in [2.05, 4.69) is 222 Å². The van der Waals surface area contributed by atoms with Gasteiger partial charge in [0.05, 0.1) is 31.3 Å². The van der Waals surface area contributed by atoms with Gasteiger partial charge in [-0.1, -0.05) is 146 Å². The van der Waals surface area contributed by atoms with Crippen molar-refractivity contribution in [2.45, 2.75) is 0 Å². The molecule has 0 unspecified atom stereocenters. The molecule has 0 aliphatic carbocycles. The molecule has 288 valence electrons. The maximum atomic E-state index is 5.75. The largest absolute Gasteiger partial charge is 0.497 e. The first-order valence-electron chi connectivity index (χ1n) is 20.2. The van der Waals surface area contributed by atoms with Gasteiger partial charge in [-0.15, -0.1) is 0 Å². The van der Waals surface area contributed by atoms with E-state index in [4.69, 9.17) is 9.47 Å². The van der Waals surface area contributed by atoms with Gasteiger partial charge in [0.2, 0.25) is 0 Å². The number of para-hydroxylation sites is 1. The molecule has 0 radical (unpaired) electrons. The molecule has 4 heteroatoms. The zero-order chi connectivity index (χ0) is 40.4. The summed E-state index contributed by atoms with van der Waals surface area (Å²) in [6, 6.07) is 77.9. The highest BCUT2D eigenvalue weighted by atomic mass is 16.5. The van der Waals surface area contributed by atoms with E-state index in [-0.39, 0.29) is 0 Å². The molecule has 0 spiro atoms. The van der Waals surface area contributed by atoms with E-state index >= 15 is 0 Å². The molecule has 1 aliphatic rings. The molecule has 9 aromatic rings. The molecular weight excluding hydrogens is 733 g/mol. The predicted octanol–water partition coefficient (Wildman–Crippen LogP) is 15.3. The first-order valence-corrected chi connectivity index (χ1v) is 20.2. The molecule has 4 nitrogen and oxygen atoms in total.